The van der Waals surface area contributed by atoms with Gasteiger partial charge in [0.25, 0.3) is 5.91 Å². The highest BCUT2D eigenvalue weighted by molar-refractivity contribution is 7.89. The molecule has 0 saturated carbocycles. The molecule has 1 N–H and O–H groups in total. The molecule has 172 valence electrons. The van der Waals surface area contributed by atoms with Crippen molar-refractivity contribution in [2.45, 2.75) is 4.90 Å². The minimum absolute atomic E-state index is 0.0992. The number of amides is 1. The molecule has 0 aliphatic carbocycles. The molecule has 1 aliphatic rings. The summed E-state index contributed by atoms with van der Waals surface area (Å²) < 4.78 is 45.8. The van der Waals surface area contributed by atoms with E-state index >= 15 is 0 Å². The lowest BCUT2D eigenvalue weighted by Crippen LogP contribution is -2.50. The zero-order valence-electron chi connectivity index (χ0n) is 17.9. The van der Waals surface area contributed by atoms with Crippen LogP contribution in [-0.4, -0.2) is 61.8 Å². The molecule has 2 heterocycles. The zero-order chi connectivity index (χ0) is 23.4. The Balaban J connectivity index is 1.49. The van der Waals surface area contributed by atoms with Crippen LogP contribution < -0.4 is 10.1 Å². The van der Waals surface area contributed by atoms with E-state index in [0.717, 1.165) is 6.07 Å². The molecule has 4 rings (SSSR count). The van der Waals surface area contributed by atoms with E-state index < -0.39 is 15.8 Å². The molecule has 1 fully saturated rings. The highest BCUT2D eigenvalue weighted by Crippen LogP contribution is 2.28. The van der Waals surface area contributed by atoms with Crippen LogP contribution in [0, 0.1) is 5.82 Å². The summed E-state index contributed by atoms with van der Waals surface area (Å²) >= 11 is 0. The number of piperazine rings is 1. The van der Waals surface area contributed by atoms with Crippen molar-refractivity contribution in [2.75, 3.05) is 38.6 Å². The first kappa shape index (κ1) is 22.7. The number of sulfonamides is 1. The van der Waals surface area contributed by atoms with Crippen molar-refractivity contribution in [2.24, 2.45) is 0 Å². The van der Waals surface area contributed by atoms with E-state index in [9.17, 15) is 17.6 Å². The number of anilines is 2. The van der Waals surface area contributed by atoms with Gasteiger partial charge >= 0.3 is 0 Å². The number of para-hydroxylation sites is 2. The number of hydrogen-bond acceptors (Lipinski definition) is 6. The Morgan fingerprint density at radius 1 is 1.03 bits per heavy atom. The molecule has 1 aromatic heterocycles. The standard InChI is InChI=1S/C23H23FN4O4S/c1-32-21-10-3-2-9-20(21)26-22-19(8-5-11-25-22)23(29)27-12-14-28(15-13-27)33(30,31)18-7-4-6-17(24)16-18/h2-11,16H,12-15H2,1H3,(H,25,26). The number of carbonyl (C=O) groups excluding carboxylic acids is 1. The summed E-state index contributed by atoms with van der Waals surface area (Å²) in [6.07, 6.45) is 1.58. The van der Waals surface area contributed by atoms with Crippen molar-refractivity contribution in [3.63, 3.8) is 0 Å². The average molecular weight is 471 g/mol. The van der Waals surface area contributed by atoms with Gasteiger partial charge in [-0.3, -0.25) is 4.79 Å². The fraction of sp³-hybridized carbons (Fsp3) is 0.217. The molecular formula is C23H23FN4O4S. The van der Waals surface area contributed by atoms with Crippen LogP contribution in [0.25, 0.3) is 0 Å². The van der Waals surface area contributed by atoms with Gasteiger partial charge in [0.2, 0.25) is 10.0 Å². The van der Waals surface area contributed by atoms with Gasteiger partial charge in [0.05, 0.1) is 23.3 Å². The molecule has 33 heavy (non-hydrogen) atoms. The molecule has 0 radical (unpaired) electrons. The predicted octanol–water partition coefficient (Wildman–Crippen LogP) is 3.12. The summed E-state index contributed by atoms with van der Waals surface area (Å²) in [5.74, 6) is 0.111. The van der Waals surface area contributed by atoms with Gasteiger partial charge in [-0.15, -0.1) is 0 Å². The first-order valence-electron chi connectivity index (χ1n) is 10.3. The van der Waals surface area contributed by atoms with Crippen LogP contribution >= 0.6 is 0 Å². The second-order valence-corrected chi connectivity index (χ2v) is 9.32. The second kappa shape index (κ2) is 9.55. The smallest absolute Gasteiger partial charge is 0.257 e. The van der Waals surface area contributed by atoms with E-state index in [-0.39, 0.29) is 37.0 Å². The summed E-state index contributed by atoms with van der Waals surface area (Å²) in [6, 6.07) is 15.6. The number of nitrogens with one attached hydrogen (secondary N) is 1. The minimum Gasteiger partial charge on any atom is -0.495 e. The first-order valence-corrected chi connectivity index (χ1v) is 11.7. The van der Waals surface area contributed by atoms with Gasteiger partial charge in [-0.2, -0.15) is 4.31 Å². The lowest BCUT2D eigenvalue weighted by Gasteiger charge is -2.34. The number of aromatic nitrogens is 1. The number of hydrogen-bond donors (Lipinski definition) is 1. The highest BCUT2D eigenvalue weighted by Gasteiger charge is 2.31. The van der Waals surface area contributed by atoms with E-state index in [1.165, 1.54) is 22.5 Å². The Bertz CT molecular complexity index is 1260. The normalized spacial score (nSPS) is 14.7. The summed E-state index contributed by atoms with van der Waals surface area (Å²) in [4.78, 5) is 19.0. The maximum absolute atomic E-state index is 13.5. The lowest BCUT2D eigenvalue weighted by atomic mass is 10.2. The van der Waals surface area contributed by atoms with E-state index in [1.54, 1.807) is 36.4 Å². The van der Waals surface area contributed by atoms with Crippen molar-refractivity contribution >= 4 is 27.4 Å². The predicted molar refractivity (Wildman–Crippen MR) is 122 cm³/mol. The molecule has 1 aliphatic heterocycles. The maximum Gasteiger partial charge on any atom is 0.257 e. The monoisotopic (exact) mass is 470 g/mol. The van der Waals surface area contributed by atoms with Crippen LogP contribution in [0.1, 0.15) is 10.4 Å². The Labute approximate surface area is 191 Å². The SMILES string of the molecule is COc1ccccc1Nc1ncccc1C(=O)N1CCN(S(=O)(=O)c2cccc(F)c2)CC1. The molecule has 1 saturated heterocycles. The number of benzene rings is 2. The molecule has 0 atom stereocenters. The molecule has 8 nitrogen and oxygen atoms in total. The third-order valence-electron chi connectivity index (χ3n) is 5.36. The summed E-state index contributed by atoms with van der Waals surface area (Å²) in [5.41, 5.74) is 1.03. The summed E-state index contributed by atoms with van der Waals surface area (Å²) in [5, 5.41) is 3.15. The molecule has 3 aromatic rings. The number of carbonyl (C=O) groups is 1. The minimum atomic E-state index is -3.84. The lowest BCUT2D eigenvalue weighted by molar-refractivity contribution is 0.0698. The van der Waals surface area contributed by atoms with Gasteiger partial charge in [-0.05, 0) is 42.5 Å². The molecule has 2 aromatic carbocycles. The molecule has 10 heteroatoms. The second-order valence-electron chi connectivity index (χ2n) is 7.38. The van der Waals surface area contributed by atoms with E-state index in [2.05, 4.69) is 10.3 Å². The molecule has 1 amide bonds. The van der Waals surface area contributed by atoms with Crippen LogP contribution in [0.4, 0.5) is 15.9 Å². The van der Waals surface area contributed by atoms with Gasteiger partial charge in [0, 0.05) is 32.4 Å². The molecular weight excluding hydrogens is 447 g/mol. The Kier molecular flexibility index (Phi) is 6.57. The fourth-order valence-corrected chi connectivity index (χ4v) is 5.09. The molecule has 0 unspecified atom stereocenters. The largest absolute Gasteiger partial charge is 0.495 e. The van der Waals surface area contributed by atoms with Gasteiger partial charge in [0.15, 0.2) is 0 Å². The number of pyridine rings is 1. The quantitative estimate of drug-likeness (QED) is 0.595. The van der Waals surface area contributed by atoms with Crippen molar-refractivity contribution in [3.8, 4) is 5.75 Å². The average Bonchev–Trinajstić information content (AvgIpc) is 2.84. The van der Waals surface area contributed by atoms with Crippen molar-refractivity contribution in [3.05, 3.63) is 78.2 Å². The zero-order valence-corrected chi connectivity index (χ0v) is 18.8. The van der Waals surface area contributed by atoms with Crippen LogP contribution in [0.3, 0.4) is 0 Å². The van der Waals surface area contributed by atoms with Gasteiger partial charge < -0.3 is 15.0 Å². The number of halogens is 1. The van der Waals surface area contributed by atoms with E-state index in [0.29, 0.717) is 22.8 Å². The summed E-state index contributed by atoms with van der Waals surface area (Å²) in [6.45, 7) is 0.632. The number of methoxy groups -OCH3 is 1. The van der Waals surface area contributed by atoms with E-state index in [1.807, 2.05) is 18.2 Å². The van der Waals surface area contributed by atoms with Crippen LogP contribution in [0.5, 0.6) is 5.75 Å². The van der Waals surface area contributed by atoms with Crippen molar-refractivity contribution in [1.29, 1.82) is 0 Å². The first-order chi connectivity index (χ1) is 15.9. The number of nitrogens with zero attached hydrogens (tertiary/aromatic N) is 3. The number of rotatable bonds is 6. The third-order valence-corrected chi connectivity index (χ3v) is 7.25. The van der Waals surface area contributed by atoms with Crippen LogP contribution in [0.2, 0.25) is 0 Å². The van der Waals surface area contributed by atoms with Crippen LogP contribution in [0.15, 0.2) is 71.8 Å². The van der Waals surface area contributed by atoms with Gasteiger partial charge in [-0.1, -0.05) is 18.2 Å². The van der Waals surface area contributed by atoms with Crippen molar-refractivity contribution in [1.82, 2.24) is 14.2 Å². The summed E-state index contributed by atoms with van der Waals surface area (Å²) in [7, 11) is -2.28. The van der Waals surface area contributed by atoms with E-state index in [4.69, 9.17) is 4.74 Å². The number of ether oxygens (including phenoxy) is 1. The Morgan fingerprint density at radius 3 is 2.52 bits per heavy atom. The van der Waals surface area contributed by atoms with Crippen LogP contribution in [-0.2, 0) is 10.0 Å². The van der Waals surface area contributed by atoms with Gasteiger partial charge in [-0.25, -0.2) is 17.8 Å². The highest BCUT2D eigenvalue weighted by atomic mass is 32.2. The topological polar surface area (TPSA) is 91.8 Å². The Morgan fingerprint density at radius 2 is 1.79 bits per heavy atom. The van der Waals surface area contributed by atoms with Crippen molar-refractivity contribution < 1.29 is 22.3 Å². The third kappa shape index (κ3) is 4.81. The molecule has 0 spiro atoms. The maximum atomic E-state index is 13.5. The fourth-order valence-electron chi connectivity index (χ4n) is 3.63. The van der Waals surface area contributed by atoms with Gasteiger partial charge in [0.1, 0.15) is 17.4 Å². The Hall–Kier alpha value is -3.50. The molecule has 0 bridgehead atoms.